The van der Waals surface area contributed by atoms with Crippen molar-refractivity contribution in [1.82, 2.24) is 0 Å². The highest BCUT2D eigenvalue weighted by atomic mass is 15.1. The Morgan fingerprint density at radius 1 is 1.15 bits per heavy atom. The van der Waals surface area contributed by atoms with Crippen LogP contribution in [0.2, 0.25) is 0 Å². The first-order valence-electron chi connectivity index (χ1n) is 9.32. The van der Waals surface area contributed by atoms with Gasteiger partial charge in [0.2, 0.25) is 5.41 Å². The third kappa shape index (κ3) is 2.84. The lowest BCUT2D eigenvalue weighted by Gasteiger charge is -2.45. The third-order valence-corrected chi connectivity index (χ3v) is 6.04. The van der Waals surface area contributed by atoms with Gasteiger partial charge in [0.25, 0.3) is 0 Å². The molecule has 5 heteroatoms. The van der Waals surface area contributed by atoms with Gasteiger partial charge in [-0.1, -0.05) is 38.1 Å². The van der Waals surface area contributed by atoms with E-state index in [9.17, 15) is 15.8 Å². The molecule has 1 aliphatic heterocycles. The van der Waals surface area contributed by atoms with Gasteiger partial charge in [0.1, 0.15) is 0 Å². The quantitative estimate of drug-likeness (QED) is 0.792. The molecule has 1 aliphatic carbocycles. The minimum Gasteiger partial charge on any atom is -0.334 e. The summed E-state index contributed by atoms with van der Waals surface area (Å²) < 4.78 is 0. The van der Waals surface area contributed by atoms with Crippen LogP contribution in [0.25, 0.3) is 0 Å². The maximum atomic E-state index is 9.88. The average Bonchev–Trinajstić information content (AvgIpc) is 2.67. The maximum absolute atomic E-state index is 9.88. The van der Waals surface area contributed by atoms with Crippen molar-refractivity contribution in [3.8, 4) is 18.2 Å². The summed E-state index contributed by atoms with van der Waals surface area (Å²) in [5.74, 6) is -0.662. The van der Waals surface area contributed by atoms with Crippen LogP contribution in [-0.4, -0.2) is 25.8 Å². The van der Waals surface area contributed by atoms with E-state index in [-0.39, 0.29) is 17.5 Å². The van der Waals surface area contributed by atoms with Gasteiger partial charge in [-0.05, 0) is 28.7 Å². The average molecular weight is 358 g/mol. The molecule has 5 nitrogen and oxygen atoms in total. The van der Waals surface area contributed by atoms with Crippen LogP contribution in [0.5, 0.6) is 0 Å². The number of nitrogens with zero attached hydrogens (tertiary/aromatic N) is 3. The molecule has 1 heterocycles. The van der Waals surface area contributed by atoms with Crippen molar-refractivity contribution in [2.24, 2.45) is 17.3 Å². The van der Waals surface area contributed by atoms with Crippen molar-refractivity contribution < 1.29 is 4.90 Å². The predicted molar refractivity (Wildman–Crippen MR) is 102 cm³/mol. The van der Waals surface area contributed by atoms with Crippen LogP contribution in [-0.2, 0) is 0 Å². The second kappa shape index (κ2) is 6.99. The number of rotatable bonds is 2. The Kier molecular flexibility index (Phi) is 4.88. The summed E-state index contributed by atoms with van der Waals surface area (Å²) in [4.78, 5) is 1.28. The first-order valence-corrected chi connectivity index (χ1v) is 9.32. The van der Waals surface area contributed by atoms with E-state index in [2.05, 4.69) is 51.2 Å². The summed E-state index contributed by atoms with van der Waals surface area (Å²) in [6.45, 7) is 5.75. The summed E-state index contributed by atoms with van der Waals surface area (Å²) in [5.41, 5.74) is 1.26. The molecule has 0 spiro atoms. The molecule has 27 heavy (non-hydrogen) atoms. The highest BCUT2D eigenvalue weighted by molar-refractivity contribution is 6.01. The lowest BCUT2D eigenvalue weighted by Crippen LogP contribution is -3.10. The van der Waals surface area contributed by atoms with Crippen LogP contribution < -0.4 is 4.90 Å². The van der Waals surface area contributed by atoms with Gasteiger partial charge in [-0.25, -0.2) is 0 Å². The third-order valence-electron chi connectivity index (χ3n) is 6.04. The van der Waals surface area contributed by atoms with Crippen LogP contribution >= 0.6 is 0 Å². The molecule has 2 unspecified atom stereocenters. The lowest BCUT2D eigenvalue weighted by molar-refractivity contribution is -0.878. The molecule has 3 rings (SSSR count). The Morgan fingerprint density at radius 3 is 2.30 bits per heavy atom. The van der Waals surface area contributed by atoms with E-state index in [0.29, 0.717) is 11.5 Å². The fourth-order valence-electron chi connectivity index (χ4n) is 4.50. The molecular weight excluding hydrogens is 334 g/mol. The van der Waals surface area contributed by atoms with Crippen molar-refractivity contribution in [2.45, 2.75) is 25.7 Å². The zero-order valence-electron chi connectivity index (χ0n) is 16.0. The first-order chi connectivity index (χ1) is 12.9. The molecule has 0 saturated heterocycles. The molecule has 1 aromatic rings. The van der Waals surface area contributed by atoms with Gasteiger partial charge in [-0.2, -0.15) is 15.8 Å². The van der Waals surface area contributed by atoms with E-state index in [1.165, 1.54) is 10.5 Å². The van der Waals surface area contributed by atoms with Gasteiger partial charge >= 0.3 is 0 Å². The summed E-state index contributed by atoms with van der Waals surface area (Å²) in [5, 5.41) is 38.1. The van der Waals surface area contributed by atoms with E-state index < -0.39 is 11.3 Å². The number of hydrogen-bond acceptors (Lipinski definition) is 4. The van der Waals surface area contributed by atoms with E-state index in [1.54, 1.807) is 0 Å². The normalized spacial score (nSPS) is 29.1. The lowest BCUT2D eigenvalue weighted by atomic mass is 9.55. The van der Waals surface area contributed by atoms with Crippen molar-refractivity contribution >= 4 is 5.71 Å². The molecule has 0 amide bonds. The van der Waals surface area contributed by atoms with Crippen molar-refractivity contribution in [3.05, 3.63) is 47.0 Å². The highest BCUT2D eigenvalue weighted by Gasteiger charge is 2.57. The van der Waals surface area contributed by atoms with Crippen LogP contribution in [0, 0.1) is 56.7 Å². The van der Waals surface area contributed by atoms with E-state index in [0.717, 1.165) is 18.7 Å². The van der Waals surface area contributed by atoms with Crippen LogP contribution in [0.15, 0.2) is 35.9 Å². The Labute approximate surface area is 160 Å². The van der Waals surface area contributed by atoms with Gasteiger partial charge in [-0.15, -0.1) is 0 Å². The summed E-state index contributed by atoms with van der Waals surface area (Å²) >= 11 is 0. The maximum Gasteiger partial charge on any atom is 0.203 e. The first kappa shape index (κ1) is 18.8. The molecule has 0 radical (unpaired) electrons. The van der Waals surface area contributed by atoms with Crippen LogP contribution in [0.1, 0.15) is 36.8 Å². The number of fused-ring (bicyclic) bond motifs is 1. The zero-order valence-corrected chi connectivity index (χ0v) is 16.0. The largest absolute Gasteiger partial charge is 0.334 e. The van der Waals surface area contributed by atoms with E-state index in [1.807, 2.05) is 18.2 Å². The van der Waals surface area contributed by atoms with Gasteiger partial charge in [0.15, 0.2) is 0 Å². The molecule has 1 saturated carbocycles. The topological polar surface area (TPSA) is 99.7 Å². The monoisotopic (exact) mass is 358 g/mol. The standard InChI is InChI=1S/C22H23N5/c1-14(2)15-4-6-16(7-5-15)20-17(10-23)21(26)22(12-24,13-25)19-8-9-27(3)11-18(19)20/h4-8,14,17-18,20,26H,9,11H2,1-3H3/p+1/t17?,18-,20+/m1/s1. The molecule has 0 aromatic heterocycles. The highest BCUT2D eigenvalue weighted by Crippen LogP contribution is 2.51. The zero-order chi connectivity index (χ0) is 19.8. The molecule has 1 fully saturated rings. The van der Waals surface area contributed by atoms with Crippen molar-refractivity contribution in [2.75, 3.05) is 20.1 Å². The minimum absolute atomic E-state index is 0.0741. The summed E-state index contributed by atoms with van der Waals surface area (Å²) in [6, 6.07) is 14.7. The summed E-state index contributed by atoms with van der Waals surface area (Å²) in [7, 11) is 2.08. The van der Waals surface area contributed by atoms with Gasteiger partial charge < -0.3 is 10.3 Å². The summed E-state index contributed by atoms with van der Waals surface area (Å²) in [6.07, 6.45) is 1.95. The number of quaternary nitrogens is 1. The Morgan fingerprint density at radius 2 is 1.78 bits per heavy atom. The molecular formula is C22H24N5+. The van der Waals surface area contributed by atoms with Gasteiger partial charge in [0, 0.05) is 11.8 Å². The Hall–Kier alpha value is -2.94. The molecule has 136 valence electrons. The number of nitriles is 3. The van der Waals surface area contributed by atoms with Crippen LogP contribution in [0.3, 0.4) is 0 Å². The number of benzene rings is 1. The van der Waals surface area contributed by atoms with Crippen LogP contribution in [0.4, 0.5) is 0 Å². The SMILES string of the molecule is CC(C)c1ccc([C@H]2C(C#N)C(=N)C(C#N)(C#N)C3=CC[NH+](C)C[C@H]32)cc1. The van der Waals surface area contributed by atoms with Gasteiger partial charge in [-0.3, -0.25) is 0 Å². The second-order valence-corrected chi connectivity index (χ2v) is 7.97. The molecule has 2 aliphatic rings. The predicted octanol–water partition coefficient (Wildman–Crippen LogP) is 2.17. The number of likely N-dealkylation sites (N-methyl/N-ethyl adjacent to an activating group) is 1. The smallest absolute Gasteiger partial charge is 0.203 e. The molecule has 4 atom stereocenters. The van der Waals surface area contributed by atoms with E-state index >= 15 is 0 Å². The van der Waals surface area contributed by atoms with Crippen molar-refractivity contribution in [3.63, 3.8) is 0 Å². The molecule has 0 bridgehead atoms. The number of hydrogen-bond donors (Lipinski definition) is 2. The molecule has 1 aromatic carbocycles. The minimum atomic E-state index is -1.61. The Balaban J connectivity index is 2.17. The van der Waals surface area contributed by atoms with E-state index in [4.69, 9.17) is 5.41 Å². The fourth-order valence-corrected chi connectivity index (χ4v) is 4.50. The van der Waals surface area contributed by atoms with Crippen molar-refractivity contribution in [1.29, 1.82) is 21.2 Å². The Bertz CT molecular complexity index is 890. The second-order valence-electron chi connectivity index (χ2n) is 7.97. The molecule has 2 N–H and O–H groups in total. The fraction of sp³-hybridized carbons (Fsp3) is 0.455. The van der Waals surface area contributed by atoms with Gasteiger partial charge in [0.05, 0.1) is 50.0 Å². The number of nitrogens with one attached hydrogen (secondary N) is 2.